The van der Waals surface area contributed by atoms with Gasteiger partial charge in [-0.1, -0.05) is 44.2 Å². The van der Waals surface area contributed by atoms with Crippen LogP contribution in [0.2, 0.25) is 0 Å². The standard InChI is InChI=1S/C20H26N2OS/c1-15(2)12-20(23)21-13-18(19-8-5-11-24-19)22-10-9-16-6-3-4-7-17(16)14-22/h3-8,11,15,18H,9-10,12-14H2,1-2H3,(H,21,23)/p+1/t18-/m0/s1. The number of carbonyl (C=O) groups excluding carboxylic acids is 1. The van der Waals surface area contributed by atoms with E-state index in [1.807, 2.05) is 0 Å². The number of fused-ring (bicyclic) bond motifs is 1. The van der Waals surface area contributed by atoms with E-state index in [1.165, 1.54) is 16.0 Å². The summed E-state index contributed by atoms with van der Waals surface area (Å²) >= 11 is 1.80. The molecule has 1 unspecified atom stereocenters. The molecule has 1 aliphatic heterocycles. The van der Waals surface area contributed by atoms with Crippen LogP contribution < -0.4 is 10.2 Å². The predicted octanol–water partition coefficient (Wildman–Crippen LogP) is 2.59. The molecule has 1 amide bonds. The van der Waals surface area contributed by atoms with E-state index in [-0.39, 0.29) is 5.91 Å². The smallest absolute Gasteiger partial charge is 0.220 e. The molecular formula is C20H27N2OS+. The average Bonchev–Trinajstić information content (AvgIpc) is 3.08. The topological polar surface area (TPSA) is 33.5 Å². The summed E-state index contributed by atoms with van der Waals surface area (Å²) in [5.74, 6) is 0.572. The van der Waals surface area contributed by atoms with Gasteiger partial charge in [0.05, 0.1) is 18.0 Å². The van der Waals surface area contributed by atoms with Gasteiger partial charge in [-0.2, -0.15) is 0 Å². The Balaban J connectivity index is 1.71. The molecule has 0 fully saturated rings. The van der Waals surface area contributed by atoms with Crippen molar-refractivity contribution < 1.29 is 9.69 Å². The largest absolute Gasteiger partial charge is 0.350 e. The molecule has 2 aromatic rings. The van der Waals surface area contributed by atoms with Crippen LogP contribution in [0.4, 0.5) is 0 Å². The second-order valence-corrected chi connectivity index (χ2v) is 8.05. The van der Waals surface area contributed by atoms with Crippen molar-refractivity contribution in [2.75, 3.05) is 13.1 Å². The molecule has 0 spiro atoms. The van der Waals surface area contributed by atoms with Crippen molar-refractivity contribution in [3.8, 4) is 0 Å². The molecule has 0 radical (unpaired) electrons. The van der Waals surface area contributed by atoms with Gasteiger partial charge >= 0.3 is 0 Å². The lowest BCUT2D eigenvalue weighted by Gasteiger charge is -2.32. The Morgan fingerprint density at radius 3 is 2.71 bits per heavy atom. The van der Waals surface area contributed by atoms with E-state index >= 15 is 0 Å². The Labute approximate surface area is 148 Å². The van der Waals surface area contributed by atoms with Crippen LogP contribution in [0.15, 0.2) is 41.8 Å². The number of hydrogen-bond donors (Lipinski definition) is 2. The molecule has 1 aromatic carbocycles. The highest BCUT2D eigenvalue weighted by Crippen LogP contribution is 2.19. The van der Waals surface area contributed by atoms with E-state index in [0.29, 0.717) is 18.4 Å². The first kappa shape index (κ1) is 17.2. The van der Waals surface area contributed by atoms with Crippen LogP contribution >= 0.6 is 11.3 Å². The zero-order valence-electron chi connectivity index (χ0n) is 14.5. The van der Waals surface area contributed by atoms with E-state index in [1.54, 1.807) is 16.2 Å². The Kier molecular flexibility index (Phi) is 5.69. The second kappa shape index (κ2) is 7.95. The summed E-state index contributed by atoms with van der Waals surface area (Å²) in [6.07, 6.45) is 1.72. The number of hydrogen-bond acceptors (Lipinski definition) is 2. The minimum absolute atomic E-state index is 0.170. The van der Waals surface area contributed by atoms with Crippen LogP contribution in [0.5, 0.6) is 0 Å². The lowest BCUT2D eigenvalue weighted by atomic mass is 9.98. The fourth-order valence-corrected chi connectivity index (χ4v) is 4.38. The number of amides is 1. The molecule has 0 saturated heterocycles. The van der Waals surface area contributed by atoms with E-state index in [4.69, 9.17) is 0 Å². The molecule has 3 nitrogen and oxygen atoms in total. The summed E-state index contributed by atoms with van der Waals surface area (Å²) < 4.78 is 0. The van der Waals surface area contributed by atoms with Crippen LogP contribution in [0.3, 0.4) is 0 Å². The number of quaternary nitrogens is 1. The van der Waals surface area contributed by atoms with E-state index in [9.17, 15) is 4.79 Å². The van der Waals surface area contributed by atoms with Gasteiger partial charge in [0.25, 0.3) is 0 Å². The van der Waals surface area contributed by atoms with Crippen LogP contribution in [-0.4, -0.2) is 19.0 Å². The molecule has 2 heterocycles. The molecular weight excluding hydrogens is 316 g/mol. The molecule has 0 aliphatic carbocycles. The summed E-state index contributed by atoms with van der Waals surface area (Å²) in [6, 6.07) is 13.4. The maximum atomic E-state index is 12.1. The van der Waals surface area contributed by atoms with E-state index < -0.39 is 0 Å². The summed E-state index contributed by atoms with van der Waals surface area (Å²) in [5, 5.41) is 5.31. The number of nitrogens with one attached hydrogen (secondary N) is 2. The minimum Gasteiger partial charge on any atom is -0.350 e. The molecule has 1 aliphatic rings. The molecule has 2 N–H and O–H groups in total. The maximum absolute atomic E-state index is 12.1. The molecule has 4 heteroatoms. The number of carbonyl (C=O) groups is 1. The monoisotopic (exact) mass is 343 g/mol. The SMILES string of the molecule is CC(C)CC(=O)NC[C@@H](c1cccs1)[NH+]1CCc2ccccc2C1. The van der Waals surface area contributed by atoms with Crippen molar-refractivity contribution in [2.24, 2.45) is 5.92 Å². The third-order valence-corrected chi connectivity index (χ3v) is 5.71. The Morgan fingerprint density at radius 2 is 2.00 bits per heavy atom. The molecule has 3 rings (SSSR count). The first-order valence-electron chi connectivity index (χ1n) is 8.85. The highest BCUT2D eigenvalue weighted by Gasteiger charge is 2.29. The fraction of sp³-hybridized carbons (Fsp3) is 0.450. The van der Waals surface area contributed by atoms with Gasteiger partial charge in [-0.15, -0.1) is 11.3 Å². The van der Waals surface area contributed by atoms with Gasteiger partial charge in [-0.25, -0.2) is 0 Å². The Bertz CT molecular complexity index is 666. The lowest BCUT2D eigenvalue weighted by molar-refractivity contribution is -0.945. The number of thiophene rings is 1. The van der Waals surface area contributed by atoms with Crippen molar-refractivity contribution >= 4 is 17.2 Å². The molecule has 2 atom stereocenters. The van der Waals surface area contributed by atoms with Crippen LogP contribution in [0.1, 0.15) is 42.3 Å². The average molecular weight is 344 g/mol. The highest BCUT2D eigenvalue weighted by atomic mass is 32.1. The lowest BCUT2D eigenvalue weighted by Crippen LogP contribution is -3.12. The molecule has 0 saturated carbocycles. The van der Waals surface area contributed by atoms with Crippen LogP contribution in [0, 0.1) is 5.92 Å². The third-order valence-electron chi connectivity index (χ3n) is 4.73. The summed E-state index contributed by atoms with van der Waals surface area (Å²) in [5.41, 5.74) is 2.93. The predicted molar refractivity (Wildman–Crippen MR) is 99.2 cm³/mol. The number of rotatable bonds is 6. The van der Waals surface area contributed by atoms with Gasteiger partial charge in [0.2, 0.25) is 5.91 Å². The van der Waals surface area contributed by atoms with Crippen molar-refractivity contribution in [3.63, 3.8) is 0 Å². The normalized spacial score (nSPS) is 18.2. The molecule has 0 bridgehead atoms. The van der Waals surface area contributed by atoms with Crippen LogP contribution in [0.25, 0.3) is 0 Å². The first-order chi connectivity index (χ1) is 11.6. The fourth-order valence-electron chi connectivity index (χ4n) is 3.49. The first-order valence-corrected chi connectivity index (χ1v) is 9.73. The van der Waals surface area contributed by atoms with E-state index in [2.05, 4.69) is 60.9 Å². The van der Waals surface area contributed by atoms with E-state index in [0.717, 1.165) is 26.1 Å². The highest BCUT2D eigenvalue weighted by molar-refractivity contribution is 7.10. The van der Waals surface area contributed by atoms with Gasteiger partial charge in [-0.3, -0.25) is 4.79 Å². The quantitative estimate of drug-likeness (QED) is 0.830. The van der Waals surface area contributed by atoms with Crippen molar-refractivity contribution in [2.45, 2.75) is 39.3 Å². The van der Waals surface area contributed by atoms with Crippen LogP contribution in [-0.2, 0) is 17.8 Å². The van der Waals surface area contributed by atoms with Gasteiger partial charge in [0.1, 0.15) is 12.6 Å². The summed E-state index contributed by atoms with van der Waals surface area (Å²) in [4.78, 5) is 15.0. The Hall–Kier alpha value is -1.65. The molecule has 24 heavy (non-hydrogen) atoms. The van der Waals surface area contributed by atoms with Gasteiger partial charge in [-0.05, 0) is 22.9 Å². The van der Waals surface area contributed by atoms with Crippen molar-refractivity contribution in [1.82, 2.24) is 5.32 Å². The summed E-state index contributed by atoms with van der Waals surface area (Å²) in [7, 11) is 0. The van der Waals surface area contributed by atoms with Gasteiger partial charge < -0.3 is 10.2 Å². The zero-order chi connectivity index (χ0) is 16.9. The maximum Gasteiger partial charge on any atom is 0.220 e. The molecule has 1 aromatic heterocycles. The van der Waals surface area contributed by atoms with Gasteiger partial charge in [0.15, 0.2) is 0 Å². The minimum atomic E-state index is 0.170. The van der Waals surface area contributed by atoms with Crippen molar-refractivity contribution in [3.05, 3.63) is 57.8 Å². The van der Waals surface area contributed by atoms with Gasteiger partial charge in [0, 0.05) is 18.4 Å². The Morgan fingerprint density at radius 1 is 1.21 bits per heavy atom. The van der Waals surface area contributed by atoms with Crippen molar-refractivity contribution in [1.29, 1.82) is 0 Å². The third kappa shape index (κ3) is 4.25. The summed E-state index contributed by atoms with van der Waals surface area (Å²) in [6.45, 7) is 7.06. The zero-order valence-corrected chi connectivity index (χ0v) is 15.4. The number of benzene rings is 1. The second-order valence-electron chi connectivity index (χ2n) is 7.07. The molecule has 128 valence electrons.